The number of anilines is 2. The number of urea groups is 1. The third-order valence-corrected chi connectivity index (χ3v) is 4.05. The Labute approximate surface area is 150 Å². The number of rotatable bonds is 5. The Hall–Kier alpha value is -2.87. The number of nitrogens with zero attached hydrogens (tertiary/aromatic N) is 1. The van der Waals surface area contributed by atoms with Gasteiger partial charge in [-0.15, -0.1) is 0 Å². The largest absolute Gasteiger partial charge is 0.343 e. The first-order valence-corrected chi connectivity index (χ1v) is 8.50. The normalized spacial score (nSPS) is 10.0. The maximum Gasteiger partial charge on any atom is 0.321 e. The van der Waals surface area contributed by atoms with Crippen LogP contribution >= 0.6 is 11.3 Å². The van der Waals surface area contributed by atoms with E-state index in [4.69, 9.17) is 0 Å². The van der Waals surface area contributed by atoms with Gasteiger partial charge in [-0.2, -0.15) is 11.3 Å². The van der Waals surface area contributed by atoms with Gasteiger partial charge in [-0.25, -0.2) is 4.79 Å². The molecule has 4 amide bonds. The van der Waals surface area contributed by atoms with Crippen LogP contribution in [0, 0.1) is 6.92 Å². The van der Waals surface area contributed by atoms with Crippen LogP contribution in [-0.4, -0.2) is 43.4 Å². The van der Waals surface area contributed by atoms with E-state index in [1.807, 2.05) is 6.92 Å². The van der Waals surface area contributed by atoms with Gasteiger partial charge in [0.1, 0.15) is 0 Å². The molecule has 0 aliphatic rings. The molecule has 0 saturated carbocycles. The molecular weight excluding hydrogens is 340 g/mol. The number of carbonyl (C=O) groups is 3. The van der Waals surface area contributed by atoms with Crippen molar-refractivity contribution < 1.29 is 14.4 Å². The smallest absolute Gasteiger partial charge is 0.321 e. The quantitative estimate of drug-likeness (QED) is 0.765. The second-order valence-corrected chi connectivity index (χ2v) is 6.38. The first-order chi connectivity index (χ1) is 11.9. The van der Waals surface area contributed by atoms with Gasteiger partial charge in [0, 0.05) is 36.4 Å². The first kappa shape index (κ1) is 18.5. The second-order valence-electron chi connectivity index (χ2n) is 5.60. The summed E-state index contributed by atoms with van der Waals surface area (Å²) in [7, 11) is 3.29. The topological polar surface area (TPSA) is 90.5 Å². The minimum Gasteiger partial charge on any atom is -0.343 e. The molecule has 0 spiro atoms. The van der Waals surface area contributed by atoms with Crippen LogP contribution in [-0.2, 0) is 4.79 Å². The van der Waals surface area contributed by atoms with Gasteiger partial charge in [-0.05, 0) is 36.1 Å². The molecular formula is C17H20N4O3S. The average Bonchev–Trinajstić information content (AvgIpc) is 3.10. The van der Waals surface area contributed by atoms with Crippen molar-refractivity contribution in [2.45, 2.75) is 6.92 Å². The van der Waals surface area contributed by atoms with Crippen molar-refractivity contribution in [1.29, 1.82) is 0 Å². The van der Waals surface area contributed by atoms with Crippen LogP contribution < -0.4 is 16.0 Å². The Morgan fingerprint density at radius 3 is 2.52 bits per heavy atom. The van der Waals surface area contributed by atoms with Crippen molar-refractivity contribution >= 4 is 40.6 Å². The van der Waals surface area contributed by atoms with E-state index in [-0.39, 0.29) is 24.4 Å². The number of thiophene rings is 1. The van der Waals surface area contributed by atoms with Gasteiger partial charge in [-0.1, -0.05) is 6.07 Å². The predicted molar refractivity (Wildman–Crippen MR) is 99.2 cm³/mol. The van der Waals surface area contributed by atoms with E-state index in [0.29, 0.717) is 16.9 Å². The molecule has 2 rings (SSSR count). The van der Waals surface area contributed by atoms with Gasteiger partial charge in [-0.3, -0.25) is 9.59 Å². The fourth-order valence-electron chi connectivity index (χ4n) is 1.92. The highest BCUT2D eigenvalue weighted by Crippen LogP contribution is 2.20. The molecule has 0 unspecified atom stereocenters. The lowest BCUT2D eigenvalue weighted by atomic mass is 10.2. The highest BCUT2D eigenvalue weighted by molar-refractivity contribution is 7.08. The zero-order valence-electron chi connectivity index (χ0n) is 14.3. The summed E-state index contributed by atoms with van der Waals surface area (Å²) in [5, 5.41) is 11.5. The summed E-state index contributed by atoms with van der Waals surface area (Å²) < 4.78 is 0. The number of nitrogens with one attached hydrogen (secondary N) is 3. The van der Waals surface area contributed by atoms with Gasteiger partial charge >= 0.3 is 6.03 Å². The molecule has 8 heteroatoms. The van der Waals surface area contributed by atoms with Crippen LogP contribution in [0.25, 0.3) is 0 Å². The van der Waals surface area contributed by atoms with Crippen molar-refractivity contribution in [3.05, 3.63) is 46.2 Å². The molecule has 132 valence electrons. The predicted octanol–water partition coefficient (Wildman–Crippen LogP) is 2.52. The van der Waals surface area contributed by atoms with Crippen molar-refractivity contribution in [3.8, 4) is 0 Å². The fourth-order valence-corrected chi connectivity index (χ4v) is 2.56. The molecule has 0 saturated heterocycles. The summed E-state index contributed by atoms with van der Waals surface area (Å²) in [5.41, 5.74) is 2.55. The molecule has 0 aliphatic heterocycles. The first-order valence-electron chi connectivity index (χ1n) is 7.56. The number of carbonyl (C=O) groups excluding carboxylic acids is 3. The number of amides is 4. The van der Waals surface area contributed by atoms with E-state index in [1.165, 1.54) is 16.2 Å². The molecule has 0 aliphatic carbocycles. The zero-order chi connectivity index (χ0) is 18.4. The van der Waals surface area contributed by atoms with Crippen LogP contribution in [0.4, 0.5) is 16.2 Å². The van der Waals surface area contributed by atoms with Crippen LogP contribution in [0.3, 0.4) is 0 Å². The molecule has 2 aromatic rings. The Balaban J connectivity index is 1.94. The Morgan fingerprint density at radius 2 is 1.88 bits per heavy atom. The molecule has 0 radical (unpaired) electrons. The molecule has 0 fully saturated rings. The maximum atomic E-state index is 12.0. The second kappa shape index (κ2) is 8.29. The van der Waals surface area contributed by atoms with Crippen molar-refractivity contribution in [2.75, 3.05) is 31.3 Å². The summed E-state index contributed by atoms with van der Waals surface area (Å²) in [6, 6.07) is 6.64. The zero-order valence-corrected chi connectivity index (χ0v) is 15.1. The Morgan fingerprint density at radius 1 is 1.12 bits per heavy atom. The number of benzene rings is 1. The van der Waals surface area contributed by atoms with Gasteiger partial charge in [0.2, 0.25) is 5.91 Å². The molecule has 3 N–H and O–H groups in total. The number of hydrogen-bond donors (Lipinski definition) is 3. The fraction of sp³-hybridized carbons (Fsp3) is 0.235. The minimum absolute atomic E-state index is 0.137. The summed E-state index contributed by atoms with van der Waals surface area (Å²) >= 11 is 1.42. The number of aryl methyl sites for hydroxylation is 1. The molecule has 1 aromatic carbocycles. The SMILES string of the molecule is Cc1ccc(NC(=O)CNC(=O)c2ccsc2)cc1NC(=O)N(C)C. The summed E-state index contributed by atoms with van der Waals surface area (Å²) in [5.74, 6) is -0.642. The third-order valence-electron chi connectivity index (χ3n) is 3.36. The van der Waals surface area contributed by atoms with Crippen LogP contribution in [0.2, 0.25) is 0 Å². The van der Waals surface area contributed by atoms with Crippen molar-refractivity contribution in [3.63, 3.8) is 0 Å². The molecule has 25 heavy (non-hydrogen) atoms. The third kappa shape index (κ3) is 5.32. The van der Waals surface area contributed by atoms with E-state index < -0.39 is 0 Å². The lowest BCUT2D eigenvalue weighted by Gasteiger charge is -2.15. The highest BCUT2D eigenvalue weighted by Gasteiger charge is 2.10. The highest BCUT2D eigenvalue weighted by atomic mass is 32.1. The van der Waals surface area contributed by atoms with Gasteiger partial charge in [0.25, 0.3) is 5.91 Å². The molecule has 0 atom stereocenters. The van der Waals surface area contributed by atoms with E-state index in [0.717, 1.165) is 5.56 Å². The summed E-state index contributed by atoms with van der Waals surface area (Å²) in [4.78, 5) is 37.0. The van der Waals surface area contributed by atoms with E-state index in [9.17, 15) is 14.4 Å². The average molecular weight is 360 g/mol. The lowest BCUT2D eigenvalue weighted by molar-refractivity contribution is -0.115. The van der Waals surface area contributed by atoms with E-state index in [1.54, 1.807) is 49.1 Å². The van der Waals surface area contributed by atoms with Crippen molar-refractivity contribution in [2.24, 2.45) is 0 Å². The summed E-state index contributed by atoms with van der Waals surface area (Å²) in [6.45, 7) is 1.72. The molecule has 1 heterocycles. The minimum atomic E-state index is -0.350. The van der Waals surface area contributed by atoms with Crippen LogP contribution in [0.5, 0.6) is 0 Å². The molecule has 7 nitrogen and oxygen atoms in total. The summed E-state index contributed by atoms with van der Waals surface area (Å²) in [6.07, 6.45) is 0. The van der Waals surface area contributed by atoms with Crippen LogP contribution in [0.1, 0.15) is 15.9 Å². The maximum absolute atomic E-state index is 12.0. The Bertz CT molecular complexity index is 772. The molecule has 1 aromatic heterocycles. The monoisotopic (exact) mass is 360 g/mol. The lowest BCUT2D eigenvalue weighted by Crippen LogP contribution is -2.32. The van der Waals surface area contributed by atoms with E-state index in [2.05, 4.69) is 16.0 Å². The van der Waals surface area contributed by atoms with Gasteiger partial charge in [0.15, 0.2) is 0 Å². The van der Waals surface area contributed by atoms with Gasteiger partial charge < -0.3 is 20.9 Å². The van der Waals surface area contributed by atoms with E-state index >= 15 is 0 Å². The Kier molecular flexibility index (Phi) is 6.13. The van der Waals surface area contributed by atoms with Gasteiger partial charge in [0.05, 0.1) is 6.54 Å². The molecule has 0 bridgehead atoms. The van der Waals surface area contributed by atoms with Crippen molar-refractivity contribution in [1.82, 2.24) is 10.2 Å². The van der Waals surface area contributed by atoms with Crippen LogP contribution in [0.15, 0.2) is 35.0 Å². The standard InChI is InChI=1S/C17H20N4O3S/c1-11-4-5-13(8-14(11)20-17(24)21(2)3)19-15(22)9-18-16(23)12-6-7-25-10-12/h4-8,10H,9H2,1-3H3,(H,18,23)(H,19,22)(H,20,24). The number of hydrogen-bond acceptors (Lipinski definition) is 4.